The Kier molecular flexibility index (Phi) is 2.26. The Labute approximate surface area is 85.8 Å². The molecule has 0 aliphatic carbocycles. The molecule has 2 bridgehead atoms. The fourth-order valence-corrected chi connectivity index (χ4v) is 3.40. The molecule has 14 heavy (non-hydrogen) atoms. The van der Waals surface area contributed by atoms with Crippen LogP contribution in [0.1, 0.15) is 19.8 Å². The first-order chi connectivity index (χ1) is 6.86. The summed E-state index contributed by atoms with van der Waals surface area (Å²) in [4.78, 5) is 2.76. The minimum absolute atomic E-state index is 0.723. The molecule has 3 heteroatoms. The van der Waals surface area contributed by atoms with Crippen molar-refractivity contribution in [2.24, 2.45) is 5.92 Å². The fraction of sp³-hybridized carbons (Fsp3) is 1.00. The van der Waals surface area contributed by atoms with Gasteiger partial charge in [0.1, 0.15) is 0 Å². The van der Waals surface area contributed by atoms with Crippen molar-refractivity contribution in [3.63, 3.8) is 0 Å². The lowest BCUT2D eigenvalue weighted by Gasteiger charge is -2.40. The number of morpholine rings is 1. The molecule has 0 spiro atoms. The highest BCUT2D eigenvalue weighted by Gasteiger charge is 2.43. The molecule has 0 saturated carbocycles. The quantitative estimate of drug-likeness (QED) is 0.659. The third-order valence-corrected chi connectivity index (χ3v) is 4.16. The average molecular weight is 196 g/mol. The first kappa shape index (κ1) is 9.13. The first-order valence-electron chi connectivity index (χ1n) is 5.92. The van der Waals surface area contributed by atoms with Crippen molar-refractivity contribution in [2.45, 2.75) is 37.9 Å². The van der Waals surface area contributed by atoms with Gasteiger partial charge in [-0.05, 0) is 25.3 Å². The molecule has 0 radical (unpaired) electrons. The molecule has 80 valence electrons. The van der Waals surface area contributed by atoms with Crippen molar-refractivity contribution < 1.29 is 4.74 Å². The number of ether oxygens (including phenoxy) is 1. The lowest BCUT2D eigenvalue weighted by Crippen LogP contribution is -2.53. The molecular formula is C11H20N2O. The van der Waals surface area contributed by atoms with Crippen LogP contribution in [0, 0.1) is 5.92 Å². The molecular weight excluding hydrogens is 176 g/mol. The van der Waals surface area contributed by atoms with E-state index in [-0.39, 0.29) is 0 Å². The zero-order valence-corrected chi connectivity index (χ0v) is 8.91. The van der Waals surface area contributed by atoms with Gasteiger partial charge in [-0.1, -0.05) is 6.92 Å². The molecule has 3 heterocycles. The summed E-state index contributed by atoms with van der Waals surface area (Å²) in [6, 6.07) is 2.22. The molecule has 0 amide bonds. The first-order valence-corrected chi connectivity index (χ1v) is 5.92. The van der Waals surface area contributed by atoms with E-state index < -0.39 is 0 Å². The molecule has 3 aliphatic rings. The summed E-state index contributed by atoms with van der Waals surface area (Å²) in [6.45, 7) is 6.70. The summed E-state index contributed by atoms with van der Waals surface area (Å²) >= 11 is 0. The second-order valence-electron chi connectivity index (χ2n) is 5.07. The highest BCUT2D eigenvalue weighted by atomic mass is 16.5. The number of hydrogen-bond donors (Lipinski definition) is 1. The van der Waals surface area contributed by atoms with Gasteiger partial charge in [-0.25, -0.2) is 0 Å². The van der Waals surface area contributed by atoms with E-state index in [0.29, 0.717) is 0 Å². The monoisotopic (exact) mass is 196 g/mol. The van der Waals surface area contributed by atoms with Crippen LogP contribution in [0.3, 0.4) is 0 Å². The van der Waals surface area contributed by atoms with E-state index >= 15 is 0 Å². The van der Waals surface area contributed by atoms with E-state index in [0.717, 1.165) is 37.3 Å². The van der Waals surface area contributed by atoms with E-state index in [4.69, 9.17) is 4.74 Å². The van der Waals surface area contributed by atoms with Crippen LogP contribution in [0.25, 0.3) is 0 Å². The highest BCUT2D eigenvalue weighted by Crippen LogP contribution is 2.33. The molecule has 1 N–H and O–H groups in total. The van der Waals surface area contributed by atoms with E-state index in [2.05, 4.69) is 17.1 Å². The molecule has 3 aliphatic heterocycles. The molecule has 0 aromatic heterocycles. The van der Waals surface area contributed by atoms with Crippen molar-refractivity contribution in [2.75, 3.05) is 26.3 Å². The molecule has 3 nitrogen and oxygen atoms in total. The topological polar surface area (TPSA) is 24.5 Å². The number of fused-ring (bicyclic) bond motifs is 2. The fourth-order valence-electron chi connectivity index (χ4n) is 3.40. The Morgan fingerprint density at radius 2 is 1.86 bits per heavy atom. The smallest absolute Gasteiger partial charge is 0.0622 e. The summed E-state index contributed by atoms with van der Waals surface area (Å²) in [6.07, 6.45) is 2.71. The van der Waals surface area contributed by atoms with Crippen LogP contribution in [0.5, 0.6) is 0 Å². The Morgan fingerprint density at radius 1 is 1.14 bits per heavy atom. The summed E-state index contributed by atoms with van der Waals surface area (Å²) in [5.74, 6) is 0.816. The molecule has 4 unspecified atom stereocenters. The normalized spacial score (nSPS) is 48.6. The van der Waals surface area contributed by atoms with Crippen LogP contribution in [-0.2, 0) is 4.74 Å². The van der Waals surface area contributed by atoms with Gasteiger partial charge in [0, 0.05) is 24.7 Å². The number of hydrogen-bond acceptors (Lipinski definition) is 3. The van der Waals surface area contributed by atoms with Crippen molar-refractivity contribution in [1.29, 1.82) is 0 Å². The molecule has 0 aromatic carbocycles. The largest absolute Gasteiger partial charge is 0.378 e. The van der Waals surface area contributed by atoms with E-state index in [9.17, 15) is 0 Å². The molecule has 4 atom stereocenters. The van der Waals surface area contributed by atoms with Gasteiger partial charge in [0.15, 0.2) is 0 Å². The maximum atomic E-state index is 5.62. The Bertz CT molecular complexity index is 205. The molecule has 3 rings (SSSR count). The molecule has 3 fully saturated rings. The van der Waals surface area contributed by atoms with Crippen LogP contribution in [0.2, 0.25) is 0 Å². The second-order valence-corrected chi connectivity index (χ2v) is 5.07. The highest BCUT2D eigenvalue weighted by molar-refractivity contribution is 4.98. The van der Waals surface area contributed by atoms with Gasteiger partial charge in [-0.3, -0.25) is 4.90 Å². The maximum Gasteiger partial charge on any atom is 0.0622 e. The molecule has 3 saturated heterocycles. The van der Waals surface area contributed by atoms with Crippen molar-refractivity contribution in [1.82, 2.24) is 10.2 Å². The predicted octanol–water partition coefficient (Wildman–Crippen LogP) is 0.457. The Hall–Kier alpha value is -0.120. The van der Waals surface area contributed by atoms with Gasteiger partial charge in [-0.15, -0.1) is 0 Å². The summed E-state index contributed by atoms with van der Waals surface area (Å²) in [5, 5.41) is 3.51. The summed E-state index contributed by atoms with van der Waals surface area (Å²) in [7, 11) is 0. The van der Waals surface area contributed by atoms with Crippen molar-refractivity contribution in [3.05, 3.63) is 0 Å². The van der Waals surface area contributed by atoms with Gasteiger partial charge in [0.25, 0.3) is 0 Å². The van der Waals surface area contributed by atoms with E-state index in [1.807, 2.05) is 0 Å². The van der Waals surface area contributed by atoms with Gasteiger partial charge in [0.05, 0.1) is 13.2 Å². The number of nitrogens with one attached hydrogen (secondary N) is 1. The zero-order valence-electron chi connectivity index (χ0n) is 8.91. The van der Waals surface area contributed by atoms with E-state index in [1.54, 1.807) is 0 Å². The molecule has 0 aromatic rings. The Morgan fingerprint density at radius 3 is 2.43 bits per heavy atom. The van der Waals surface area contributed by atoms with Gasteiger partial charge in [-0.2, -0.15) is 0 Å². The van der Waals surface area contributed by atoms with Crippen LogP contribution in [-0.4, -0.2) is 49.3 Å². The van der Waals surface area contributed by atoms with Gasteiger partial charge >= 0.3 is 0 Å². The Balaban J connectivity index is 1.77. The summed E-state index contributed by atoms with van der Waals surface area (Å²) < 4.78 is 5.62. The average Bonchev–Trinajstić information content (AvgIpc) is 2.67. The predicted molar refractivity (Wildman–Crippen MR) is 55.3 cm³/mol. The van der Waals surface area contributed by atoms with Gasteiger partial charge < -0.3 is 10.1 Å². The lowest BCUT2D eigenvalue weighted by atomic mass is 10.0. The third-order valence-electron chi connectivity index (χ3n) is 4.16. The van der Waals surface area contributed by atoms with Crippen LogP contribution < -0.4 is 5.32 Å². The standard InChI is InChI=1S/C11H20N2O/c1-8-4-12-5-11(8)13-9-2-3-10(13)7-14-6-9/h8-12H,2-7H2,1H3. The summed E-state index contributed by atoms with van der Waals surface area (Å²) in [5.41, 5.74) is 0. The number of nitrogens with zero attached hydrogens (tertiary/aromatic N) is 1. The SMILES string of the molecule is CC1CNCC1N1C2CCC1COC2. The number of rotatable bonds is 1. The second kappa shape index (κ2) is 3.47. The van der Waals surface area contributed by atoms with Crippen LogP contribution in [0.15, 0.2) is 0 Å². The van der Waals surface area contributed by atoms with Gasteiger partial charge in [0.2, 0.25) is 0 Å². The third kappa shape index (κ3) is 1.30. The maximum absolute atomic E-state index is 5.62. The minimum Gasteiger partial charge on any atom is -0.378 e. The van der Waals surface area contributed by atoms with Crippen LogP contribution >= 0.6 is 0 Å². The van der Waals surface area contributed by atoms with E-state index in [1.165, 1.54) is 25.9 Å². The van der Waals surface area contributed by atoms with Crippen molar-refractivity contribution in [3.8, 4) is 0 Å². The lowest BCUT2D eigenvalue weighted by molar-refractivity contribution is -0.0392. The zero-order chi connectivity index (χ0) is 9.54. The minimum atomic E-state index is 0.723. The van der Waals surface area contributed by atoms with Crippen molar-refractivity contribution >= 4 is 0 Å². The van der Waals surface area contributed by atoms with Crippen LogP contribution in [0.4, 0.5) is 0 Å².